The molecule has 1 aromatic heterocycles. The maximum absolute atomic E-state index is 12.2. The molecule has 19 heavy (non-hydrogen) atoms. The first kappa shape index (κ1) is 14.6. The molecule has 0 bridgehead atoms. The van der Waals surface area contributed by atoms with E-state index in [9.17, 15) is 4.55 Å². The third-order valence-electron chi connectivity index (χ3n) is 3.36. The molecule has 0 saturated carbocycles. The van der Waals surface area contributed by atoms with Crippen LogP contribution in [0.2, 0.25) is 0 Å². The summed E-state index contributed by atoms with van der Waals surface area (Å²) in [5, 5.41) is 4.40. The van der Waals surface area contributed by atoms with Crippen molar-refractivity contribution >= 4 is 17.1 Å². The van der Waals surface area contributed by atoms with Crippen LogP contribution in [0.1, 0.15) is 59.7 Å². The van der Waals surface area contributed by atoms with Crippen molar-refractivity contribution < 1.29 is 4.55 Å². The summed E-state index contributed by atoms with van der Waals surface area (Å²) in [5.41, 5.74) is 2.05. The topological polar surface area (TPSA) is 53.2 Å². The lowest BCUT2D eigenvalue weighted by Gasteiger charge is -2.27. The Kier molecular flexibility index (Phi) is 3.56. The van der Waals surface area contributed by atoms with Gasteiger partial charge in [-0.1, -0.05) is 25.2 Å². The average molecular weight is 281 g/mol. The minimum atomic E-state index is -1.21. The second-order valence-corrected chi connectivity index (χ2v) is 9.05. The molecule has 1 aliphatic rings. The second kappa shape index (κ2) is 4.63. The van der Waals surface area contributed by atoms with Gasteiger partial charge in [0.2, 0.25) is 0 Å². The fourth-order valence-corrected chi connectivity index (χ4v) is 2.80. The van der Waals surface area contributed by atoms with Crippen LogP contribution in [-0.2, 0) is 11.4 Å². The largest absolute Gasteiger partial charge is 0.591 e. The summed E-state index contributed by atoms with van der Waals surface area (Å²) in [7, 11) is 0. The third kappa shape index (κ3) is 2.87. The Labute approximate surface area is 118 Å². The first-order valence-electron chi connectivity index (χ1n) is 6.64. The second-order valence-electron chi connectivity index (χ2n) is 7.15. The van der Waals surface area contributed by atoms with Crippen molar-refractivity contribution in [1.29, 1.82) is 0 Å². The lowest BCUT2D eigenvalue weighted by Crippen LogP contribution is -2.27. The normalized spacial score (nSPS) is 23.7. The Hall–Kier alpha value is -0.810. The van der Waals surface area contributed by atoms with Gasteiger partial charge in [-0.3, -0.25) is 4.68 Å². The molecule has 5 heteroatoms. The van der Waals surface area contributed by atoms with E-state index in [0.717, 1.165) is 17.8 Å². The van der Waals surface area contributed by atoms with Gasteiger partial charge < -0.3 is 4.55 Å². The molecule has 2 atom stereocenters. The van der Waals surface area contributed by atoms with Crippen molar-refractivity contribution in [2.24, 2.45) is 9.81 Å². The van der Waals surface area contributed by atoms with Crippen LogP contribution >= 0.6 is 0 Å². The summed E-state index contributed by atoms with van der Waals surface area (Å²) in [5.74, 6) is 0. The number of rotatable bonds is 1. The summed E-state index contributed by atoms with van der Waals surface area (Å²) in [4.78, 5) is 0. The zero-order valence-electron chi connectivity index (χ0n) is 12.6. The number of fused-ring (bicyclic) bond motifs is 1. The Morgan fingerprint density at radius 2 is 1.95 bits per heavy atom. The van der Waals surface area contributed by atoms with Gasteiger partial charge in [0, 0.05) is 12.6 Å². The maximum atomic E-state index is 12.2. The highest BCUT2D eigenvalue weighted by atomic mass is 32.2. The summed E-state index contributed by atoms with van der Waals surface area (Å²) < 4.78 is 18.4. The van der Waals surface area contributed by atoms with Crippen molar-refractivity contribution in [3.8, 4) is 0 Å². The lowest BCUT2D eigenvalue weighted by atomic mass is 9.85. The van der Waals surface area contributed by atoms with Crippen LogP contribution in [0.3, 0.4) is 0 Å². The van der Waals surface area contributed by atoms with Crippen LogP contribution in [0.25, 0.3) is 0 Å². The van der Waals surface area contributed by atoms with Crippen molar-refractivity contribution in [3.05, 3.63) is 18.0 Å². The molecular formula is C14H23N3OS. The van der Waals surface area contributed by atoms with E-state index in [1.807, 2.05) is 31.5 Å². The molecule has 0 radical (unpaired) electrons. The van der Waals surface area contributed by atoms with Crippen molar-refractivity contribution in [2.45, 2.75) is 58.8 Å². The lowest BCUT2D eigenvalue weighted by molar-refractivity contribution is 0.242. The number of hydrogen-bond donors (Lipinski definition) is 0. The quantitative estimate of drug-likeness (QED) is 0.743. The van der Waals surface area contributed by atoms with E-state index >= 15 is 0 Å². The first-order chi connectivity index (χ1) is 8.60. The predicted molar refractivity (Wildman–Crippen MR) is 79.8 cm³/mol. The van der Waals surface area contributed by atoms with Crippen molar-refractivity contribution in [3.63, 3.8) is 0 Å². The highest BCUT2D eigenvalue weighted by Gasteiger charge is 2.38. The SMILES string of the molecule is CC(C)(C)C1CC(=N[S+]([O-])C(C)(C)C)c2ccnn21. The minimum Gasteiger partial charge on any atom is -0.591 e. The zero-order valence-corrected chi connectivity index (χ0v) is 13.4. The predicted octanol–water partition coefficient (Wildman–Crippen LogP) is 3.13. The molecule has 0 amide bonds. The Morgan fingerprint density at radius 3 is 2.47 bits per heavy atom. The molecule has 0 spiro atoms. The Balaban J connectivity index is 2.35. The van der Waals surface area contributed by atoms with Gasteiger partial charge in [-0.2, -0.15) is 5.10 Å². The summed E-state index contributed by atoms with van der Waals surface area (Å²) in [6.07, 6.45) is 2.61. The molecular weight excluding hydrogens is 258 g/mol. The number of nitrogens with zero attached hydrogens (tertiary/aromatic N) is 3. The maximum Gasteiger partial charge on any atom is 0.144 e. The molecule has 0 aromatic carbocycles. The first-order valence-corrected chi connectivity index (χ1v) is 7.75. The summed E-state index contributed by atoms with van der Waals surface area (Å²) in [6, 6.07) is 2.25. The minimum absolute atomic E-state index is 0.112. The van der Waals surface area contributed by atoms with Crippen LogP contribution in [0.5, 0.6) is 0 Å². The highest BCUT2D eigenvalue weighted by molar-refractivity contribution is 7.91. The van der Waals surface area contributed by atoms with Gasteiger partial charge in [0.1, 0.15) is 21.8 Å². The summed E-state index contributed by atoms with van der Waals surface area (Å²) >= 11 is -1.21. The summed E-state index contributed by atoms with van der Waals surface area (Å²) in [6.45, 7) is 12.4. The number of aromatic nitrogens is 2. The molecule has 0 fully saturated rings. The van der Waals surface area contributed by atoms with Gasteiger partial charge in [0.05, 0.1) is 11.7 Å². The average Bonchev–Trinajstić information content (AvgIpc) is 2.77. The zero-order chi connectivity index (χ0) is 14.4. The molecule has 4 nitrogen and oxygen atoms in total. The fraction of sp³-hybridized carbons (Fsp3) is 0.714. The van der Waals surface area contributed by atoms with Crippen LogP contribution in [-0.4, -0.2) is 24.8 Å². The Bertz CT molecular complexity index is 494. The molecule has 0 saturated heterocycles. The monoisotopic (exact) mass is 281 g/mol. The van der Waals surface area contributed by atoms with E-state index in [1.54, 1.807) is 6.20 Å². The van der Waals surface area contributed by atoms with E-state index in [4.69, 9.17) is 0 Å². The van der Waals surface area contributed by atoms with Gasteiger partial charge in [-0.25, -0.2) is 0 Å². The molecule has 2 heterocycles. The molecule has 2 rings (SSSR count). The van der Waals surface area contributed by atoms with E-state index in [1.165, 1.54) is 0 Å². The molecule has 106 valence electrons. The van der Waals surface area contributed by atoms with Gasteiger partial charge in [-0.05, 0) is 32.3 Å². The van der Waals surface area contributed by atoms with E-state index in [-0.39, 0.29) is 16.2 Å². The van der Waals surface area contributed by atoms with E-state index in [2.05, 4.69) is 30.3 Å². The highest BCUT2D eigenvalue weighted by Crippen LogP contribution is 2.39. The molecule has 0 N–H and O–H groups in total. The van der Waals surface area contributed by atoms with Crippen LogP contribution < -0.4 is 0 Å². The van der Waals surface area contributed by atoms with Gasteiger partial charge in [-0.15, -0.1) is 0 Å². The standard InChI is InChI=1S/C14H23N3OS/c1-13(2,3)12-9-10(11-7-8-15-17(11)12)16-19(18)14(4,5)6/h7-8,12H,9H2,1-6H3. The molecule has 0 aliphatic carbocycles. The van der Waals surface area contributed by atoms with Gasteiger partial charge in [0.15, 0.2) is 0 Å². The van der Waals surface area contributed by atoms with Crippen LogP contribution in [0.15, 0.2) is 16.7 Å². The van der Waals surface area contributed by atoms with Crippen molar-refractivity contribution in [2.75, 3.05) is 0 Å². The number of hydrogen-bond acceptors (Lipinski definition) is 3. The van der Waals surface area contributed by atoms with Gasteiger partial charge in [0.25, 0.3) is 0 Å². The fourth-order valence-electron chi connectivity index (χ4n) is 2.16. The Morgan fingerprint density at radius 1 is 1.32 bits per heavy atom. The van der Waals surface area contributed by atoms with Gasteiger partial charge >= 0.3 is 0 Å². The van der Waals surface area contributed by atoms with Crippen LogP contribution in [0, 0.1) is 5.41 Å². The molecule has 1 aromatic rings. The smallest absolute Gasteiger partial charge is 0.144 e. The van der Waals surface area contributed by atoms with E-state index < -0.39 is 11.4 Å². The van der Waals surface area contributed by atoms with Crippen LogP contribution in [0.4, 0.5) is 0 Å². The third-order valence-corrected chi connectivity index (χ3v) is 4.80. The molecule has 2 unspecified atom stereocenters. The molecule has 1 aliphatic heterocycles. The van der Waals surface area contributed by atoms with E-state index in [0.29, 0.717) is 0 Å². The van der Waals surface area contributed by atoms with Crippen molar-refractivity contribution in [1.82, 2.24) is 9.78 Å².